The van der Waals surface area contributed by atoms with Crippen LogP contribution in [-0.4, -0.2) is 16.3 Å². The first-order valence-electron chi connectivity index (χ1n) is 6.65. The number of hydrogen-bond acceptors (Lipinski definition) is 2. The molecule has 0 radical (unpaired) electrons. The Kier molecular flexibility index (Phi) is 4.15. The summed E-state index contributed by atoms with van der Waals surface area (Å²) in [5.74, 6) is 0. The maximum Gasteiger partial charge on any atom is 0.0649 e. The van der Waals surface area contributed by atoms with Crippen LogP contribution >= 0.6 is 0 Å². The second-order valence-electron chi connectivity index (χ2n) is 4.44. The Balaban J connectivity index is 2.36. The number of nitrogens with two attached hydrogens (primary N) is 1. The molecule has 0 saturated heterocycles. The second-order valence-corrected chi connectivity index (χ2v) is 4.44. The van der Waals surface area contributed by atoms with Crippen LogP contribution in [0.15, 0.2) is 30.5 Å². The van der Waals surface area contributed by atoms with Crippen molar-refractivity contribution in [2.24, 2.45) is 5.73 Å². The van der Waals surface area contributed by atoms with Gasteiger partial charge in [-0.25, -0.2) is 4.68 Å². The topological polar surface area (TPSA) is 43.8 Å². The van der Waals surface area contributed by atoms with Gasteiger partial charge in [0.05, 0.1) is 11.9 Å². The van der Waals surface area contributed by atoms with E-state index in [4.69, 9.17) is 5.73 Å². The van der Waals surface area contributed by atoms with E-state index >= 15 is 0 Å². The van der Waals surface area contributed by atoms with Gasteiger partial charge in [0.1, 0.15) is 0 Å². The van der Waals surface area contributed by atoms with Gasteiger partial charge in [-0.3, -0.25) is 0 Å². The van der Waals surface area contributed by atoms with E-state index in [1.807, 2.05) is 10.9 Å². The summed E-state index contributed by atoms with van der Waals surface area (Å²) in [6.07, 6.45) is 4.89. The molecule has 1 heterocycles. The summed E-state index contributed by atoms with van der Waals surface area (Å²) in [6.45, 7) is 5.00. The normalized spacial score (nSPS) is 10.8. The Morgan fingerprint density at radius 1 is 1.11 bits per heavy atom. The Morgan fingerprint density at radius 2 is 1.83 bits per heavy atom. The van der Waals surface area contributed by atoms with Crippen molar-refractivity contribution in [1.82, 2.24) is 9.78 Å². The highest BCUT2D eigenvalue weighted by Gasteiger charge is 2.09. The van der Waals surface area contributed by atoms with Crippen molar-refractivity contribution in [2.45, 2.75) is 33.1 Å². The molecule has 3 nitrogen and oxygen atoms in total. The summed E-state index contributed by atoms with van der Waals surface area (Å²) in [6, 6.07) is 8.60. The molecular weight excluding hydrogens is 222 g/mol. The quantitative estimate of drug-likeness (QED) is 0.877. The van der Waals surface area contributed by atoms with Crippen LogP contribution in [0.3, 0.4) is 0 Å². The molecule has 1 aromatic carbocycles. The Hall–Kier alpha value is -1.61. The van der Waals surface area contributed by atoms with Crippen LogP contribution in [0.4, 0.5) is 0 Å². The van der Waals surface area contributed by atoms with E-state index in [0.29, 0.717) is 6.54 Å². The molecule has 0 saturated carbocycles. The molecule has 0 aliphatic rings. The number of nitrogens with zero attached hydrogens (tertiary/aromatic N) is 2. The predicted molar refractivity (Wildman–Crippen MR) is 75.1 cm³/mol. The zero-order chi connectivity index (χ0) is 13.0. The van der Waals surface area contributed by atoms with Gasteiger partial charge in [-0.1, -0.05) is 26.0 Å². The van der Waals surface area contributed by atoms with Gasteiger partial charge < -0.3 is 5.73 Å². The third kappa shape index (κ3) is 2.46. The predicted octanol–water partition coefficient (Wildman–Crippen LogP) is 2.50. The molecule has 0 bridgehead atoms. The largest absolute Gasteiger partial charge is 0.330 e. The lowest BCUT2D eigenvalue weighted by Crippen LogP contribution is -2.06. The average Bonchev–Trinajstić information content (AvgIpc) is 2.82. The summed E-state index contributed by atoms with van der Waals surface area (Å²) in [5, 5.41) is 4.49. The summed E-state index contributed by atoms with van der Waals surface area (Å²) in [5.41, 5.74) is 10.6. The van der Waals surface area contributed by atoms with Crippen LogP contribution in [-0.2, 0) is 19.3 Å². The minimum atomic E-state index is 0.674. The lowest BCUT2D eigenvalue weighted by atomic mass is 10.1. The summed E-state index contributed by atoms with van der Waals surface area (Å²) >= 11 is 0. The highest BCUT2D eigenvalue weighted by molar-refractivity contribution is 5.37. The fourth-order valence-corrected chi connectivity index (χ4v) is 2.24. The standard InChI is InChI=1S/C15H21N3/c1-3-12-5-7-14(8-6-12)18-15(4-2)13(9-10-16)11-17-18/h5-8,11H,3-4,9-10,16H2,1-2H3. The van der Waals surface area contributed by atoms with E-state index < -0.39 is 0 Å². The molecule has 3 heteroatoms. The van der Waals surface area contributed by atoms with Crippen molar-refractivity contribution in [2.75, 3.05) is 6.54 Å². The van der Waals surface area contributed by atoms with Gasteiger partial charge >= 0.3 is 0 Å². The molecule has 0 atom stereocenters. The number of aromatic nitrogens is 2. The number of benzene rings is 1. The maximum absolute atomic E-state index is 5.63. The number of rotatable bonds is 5. The van der Waals surface area contributed by atoms with Gasteiger partial charge in [0, 0.05) is 5.69 Å². The lowest BCUT2D eigenvalue weighted by Gasteiger charge is -2.08. The first-order valence-corrected chi connectivity index (χ1v) is 6.65. The summed E-state index contributed by atoms with van der Waals surface area (Å²) in [7, 11) is 0. The number of aryl methyl sites for hydroxylation is 1. The zero-order valence-electron chi connectivity index (χ0n) is 11.2. The molecule has 96 valence electrons. The molecule has 2 rings (SSSR count). The van der Waals surface area contributed by atoms with Gasteiger partial charge in [-0.05, 0) is 49.1 Å². The van der Waals surface area contributed by atoms with E-state index in [1.54, 1.807) is 0 Å². The van der Waals surface area contributed by atoms with Crippen LogP contribution < -0.4 is 5.73 Å². The molecule has 0 unspecified atom stereocenters. The minimum Gasteiger partial charge on any atom is -0.330 e. The fourth-order valence-electron chi connectivity index (χ4n) is 2.24. The Bertz CT molecular complexity index is 497. The summed E-state index contributed by atoms with van der Waals surface area (Å²) in [4.78, 5) is 0. The van der Waals surface area contributed by atoms with Crippen molar-refractivity contribution < 1.29 is 0 Å². The Morgan fingerprint density at radius 3 is 2.39 bits per heavy atom. The van der Waals surface area contributed by atoms with Crippen molar-refractivity contribution in [3.05, 3.63) is 47.3 Å². The van der Waals surface area contributed by atoms with Gasteiger partial charge in [0.15, 0.2) is 0 Å². The number of hydrogen-bond donors (Lipinski definition) is 1. The molecule has 1 aromatic heterocycles. The zero-order valence-corrected chi connectivity index (χ0v) is 11.2. The second kappa shape index (κ2) is 5.83. The van der Waals surface area contributed by atoms with Crippen molar-refractivity contribution >= 4 is 0 Å². The molecule has 0 amide bonds. The molecule has 18 heavy (non-hydrogen) atoms. The van der Waals surface area contributed by atoms with Gasteiger partial charge in [0.25, 0.3) is 0 Å². The van der Waals surface area contributed by atoms with Gasteiger partial charge in [-0.2, -0.15) is 5.10 Å². The molecule has 0 aliphatic heterocycles. The lowest BCUT2D eigenvalue weighted by molar-refractivity contribution is 0.805. The van der Waals surface area contributed by atoms with Crippen molar-refractivity contribution in [3.63, 3.8) is 0 Å². The van der Waals surface area contributed by atoms with Crippen LogP contribution in [0.2, 0.25) is 0 Å². The van der Waals surface area contributed by atoms with E-state index in [2.05, 4.69) is 43.2 Å². The van der Waals surface area contributed by atoms with E-state index in [1.165, 1.54) is 16.8 Å². The maximum atomic E-state index is 5.63. The molecule has 2 N–H and O–H groups in total. The third-order valence-corrected chi connectivity index (χ3v) is 3.29. The molecule has 0 spiro atoms. The van der Waals surface area contributed by atoms with E-state index in [0.717, 1.165) is 24.9 Å². The van der Waals surface area contributed by atoms with Crippen LogP contribution in [0.25, 0.3) is 5.69 Å². The highest BCUT2D eigenvalue weighted by Crippen LogP contribution is 2.17. The summed E-state index contributed by atoms with van der Waals surface area (Å²) < 4.78 is 2.03. The van der Waals surface area contributed by atoms with Crippen LogP contribution in [0.1, 0.15) is 30.7 Å². The first kappa shape index (κ1) is 12.8. The Labute approximate surface area is 109 Å². The van der Waals surface area contributed by atoms with Gasteiger partial charge in [0.2, 0.25) is 0 Å². The highest BCUT2D eigenvalue weighted by atomic mass is 15.3. The average molecular weight is 243 g/mol. The monoisotopic (exact) mass is 243 g/mol. The van der Waals surface area contributed by atoms with E-state index in [9.17, 15) is 0 Å². The molecule has 0 aliphatic carbocycles. The SMILES string of the molecule is CCc1ccc(-n2ncc(CCN)c2CC)cc1. The first-order chi connectivity index (χ1) is 8.80. The van der Waals surface area contributed by atoms with Crippen LogP contribution in [0.5, 0.6) is 0 Å². The van der Waals surface area contributed by atoms with Crippen molar-refractivity contribution in [1.29, 1.82) is 0 Å². The minimum absolute atomic E-state index is 0.674. The molecule has 2 aromatic rings. The van der Waals surface area contributed by atoms with E-state index in [-0.39, 0.29) is 0 Å². The fraction of sp³-hybridized carbons (Fsp3) is 0.400. The van der Waals surface area contributed by atoms with Gasteiger partial charge in [-0.15, -0.1) is 0 Å². The molecule has 0 fully saturated rings. The smallest absolute Gasteiger partial charge is 0.0649 e. The van der Waals surface area contributed by atoms with Crippen molar-refractivity contribution in [3.8, 4) is 5.69 Å². The third-order valence-electron chi connectivity index (χ3n) is 3.29. The molecular formula is C15H21N3. The van der Waals surface area contributed by atoms with Crippen LogP contribution in [0, 0.1) is 0 Å².